The Hall–Kier alpha value is -0.500. The Morgan fingerprint density at radius 2 is 2.31 bits per heavy atom. The average molecular weight is 200 g/mol. The first-order valence-electron chi connectivity index (χ1n) is 4.83. The lowest BCUT2D eigenvalue weighted by Gasteiger charge is -2.19. The van der Waals surface area contributed by atoms with Gasteiger partial charge in [-0.05, 0) is 24.7 Å². The van der Waals surface area contributed by atoms with Gasteiger partial charge in [-0.25, -0.2) is 0 Å². The number of fused-ring (bicyclic) bond motifs is 2. The second-order valence-corrected chi connectivity index (χ2v) is 4.27. The van der Waals surface area contributed by atoms with E-state index in [0.29, 0.717) is 30.2 Å². The van der Waals surface area contributed by atoms with Gasteiger partial charge in [-0.1, -0.05) is 12.2 Å². The molecule has 1 saturated carbocycles. The van der Waals surface area contributed by atoms with Crippen LogP contribution >= 0.6 is 11.6 Å². The van der Waals surface area contributed by atoms with Gasteiger partial charge in [0.25, 0.3) is 0 Å². The smallest absolute Gasteiger partial charge is 0.221 e. The second-order valence-electron chi connectivity index (χ2n) is 3.89. The molecule has 2 bridgehead atoms. The van der Waals surface area contributed by atoms with E-state index in [1.165, 1.54) is 6.42 Å². The van der Waals surface area contributed by atoms with Crippen LogP contribution in [0.15, 0.2) is 12.2 Å². The van der Waals surface area contributed by atoms with E-state index in [2.05, 4.69) is 17.5 Å². The first-order chi connectivity index (χ1) is 6.29. The number of carbonyl (C=O) groups excluding carboxylic acids is 1. The highest BCUT2D eigenvalue weighted by Crippen LogP contribution is 2.38. The van der Waals surface area contributed by atoms with Gasteiger partial charge in [0.05, 0.1) is 0 Å². The third-order valence-electron chi connectivity index (χ3n) is 2.95. The summed E-state index contributed by atoms with van der Waals surface area (Å²) in [5, 5.41) is 3.04. The molecule has 2 aliphatic rings. The van der Waals surface area contributed by atoms with Gasteiger partial charge in [-0.15, -0.1) is 11.6 Å². The van der Waals surface area contributed by atoms with Crippen molar-refractivity contribution in [3.8, 4) is 0 Å². The van der Waals surface area contributed by atoms with Gasteiger partial charge in [0, 0.05) is 18.3 Å². The van der Waals surface area contributed by atoms with E-state index in [9.17, 15) is 4.79 Å². The number of amides is 1. The highest BCUT2D eigenvalue weighted by molar-refractivity contribution is 6.18. The number of carbonyl (C=O) groups is 1. The SMILES string of the molecule is O=C(CCCl)NC1CC2C=CC1C2. The molecule has 0 aromatic heterocycles. The maximum atomic E-state index is 11.3. The molecule has 3 unspecified atom stereocenters. The molecule has 0 radical (unpaired) electrons. The van der Waals surface area contributed by atoms with E-state index < -0.39 is 0 Å². The summed E-state index contributed by atoms with van der Waals surface area (Å²) in [4.78, 5) is 11.3. The molecule has 0 aromatic carbocycles. The molecule has 2 rings (SSSR count). The average Bonchev–Trinajstić information content (AvgIpc) is 2.65. The molecule has 2 aliphatic carbocycles. The lowest BCUT2D eigenvalue weighted by Crippen LogP contribution is -2.37. The molecule has 0 saturated heterocycles. The molecule has 13 heavy (non-hydrogen) atoms. The fourth-order valence-electron chi connectivity index (χ4n) is 2.31. The molecule has 1 fully saturated rings. The minimum atomic E-state index is 0.0981. The summed E-state index contributed by atoms with van der Waals surface area (Å²) in [5.74, 6) is 1.82. The Morgan fingerprint density at radius 3 is 2.85 bits per heavy atom. The highest BCUT2D eigenvalue weighted by Gasteiger charge is 2.36. The minimum Gasteiger partial charge on any atom is -0.353 e. The van der Waals surface area contributed by atoms with Crippen molar-refractivity contribution in [2.24, 2.45) is 11.8 Å². The lowest BCUT2D eigenvalue weighted by molar-refractivity contribution is -0.121. The third-order valence-corrected chi connectivity index (χ3v) is 3.14. The van der Waals surface area contributed by atoms with Crippen LogP contribution in [-0.2, 0) is 4.79 Å². The summed E-state index contributed by atoms with van der Waals surface area (Å²) >= 11 is 5.49. The molecule has 1 N–H and O–H groups in total. The van der Waals surface area contributed by atoms with Crippen molar-refractivity contribution in [2.45, 2.75) is 25.3 Å². The first kappa shape index (κ1) is 9.07. The van der Waals surface area contributed by atoms with Crippen LogP contribution in [0, 0.1) is 11.8 Å². The topological polar surface area (TPSA) is 29.1 Å². The van der Waals surface area contributed by atoms with Crippen molar-refractivity contribution in [2.75, 3.05) is 5.88 Å². The summed E-state index contributed by atoms with van der Waals surface area (Å²) in [7, 11) is 0. The standard InChI is InChI=1S/C10H14ClNO/c11-4-3-10(13)12-9-6-7-1-2-8(9)5-7/h1-2,7-9H,3-6H2,(H,12,13). The maximum Gasteiger partial charge on any atom is 0.221 e. The molecule has 3 heteroatoms. The molecule has 0 heterocycles. The van der Waals surface area contributed by atoms with Gasteiger partial charge in [0.15, 0.2) is 0 Å². The Bertz CT molecular complexity index is 239. The van der Waals surface area contributed by atoms with Crippen LogP contribution < -0.4 is 5.32 Å². The fourth-order valence-corrected chi connectivity index (χ4v) is 2.48. The van der Waals surface area contributed by atoms with E-state index in [0.717, 1.165) is 6.42 Å². The van der Waals surface area contributed by atoms with E-state index in [4.69, 9.17) is 11.6 Å². The molecular formula is C10H14ClNO. The van der Waals surface area contributed by atoms with Crippen LogP contribution in [0.5, 0.6) is 0 Å². The van der Waals surface area contributed by atoms with Crippen LogP contribution in [0.2, 0.25) is 0 Å². The predicted octanol–water partition coefficient (Wildman–Crippen LogP) is 1.70. The molecule has 0 aliphatic heterocycles. The monoisotopic (exact) mass is 199 g/mol. The number of alkyl halides is 1. The molecule has 0 aromatic rings. The summed E-state index contributed by atoms with van der Waals surface area (Å²) in [5.41, 5.74) is 0. The molecular weight excluding hydrogens is 186 g/mol. The van der Waals surface area contributed by atoms with Gasteiger partial charge in [-0.2, -0.15) is 0 Å². The van der Waals surface area contributed by atoms with Crippen LogP contribution in [0.4, 0.5) is 0 Å². The first-order valence-corrected chi connectivity index (χ1v) is 5.36. The summed E-state index contributed by atoms with van der Waals surface area (Å²) in [6.45, 7) is 0. The minimum absolute atomic E-state index is 0.0981. The zero-order valence-electron chi connectivity index (χ0n) is 7.50. The summed E-state index contributed by atoms with van der Waals surface area (Å²) in [6, 6.07) is 0.380. The second kappa shape index (κ2) is 3.70. The summed E-state index contributed by atoms with van der Waals surface area (Å²) in [6.07, 6.45) is 7.30. The number of rotatable bonds is 3. The summed E-state index contributed by atoms with van der Waals surface area (Å²) < 4.78 is 0. The predicted molar refractivity (Wildman–Crippen MR) is 52.6 cm³/mol. The Kier molecular flexibility index (Phi) is 2.58. The molecule has 2 nitrogen and oxygen atoms in total. The molecule has 3 atom stereocenters. The lowest BCUT2D eigenvalue weighted by atomic mass is 10.0. The fraction of sp³-hybridized carbons (Fsp3) is 0.700. The molecule has 72 valence electrons. The van der Waals surface area contributed by atoms with Crippen LogP contribution in [-0.4, -0.2) is 17.8 Å². The van der Waals surface area contributed by atoms with Crippen molar-refractivity contribution >= 4 is 17.5 Å². The number of hydrogen-bond acceptors (Lipinski definition) is 1. The van der Waals surface area contributed by atoms with E-state index >= 15 is 0 Å². The highest BCUT2D eigenvalue weighted by atomic mass is 35.5. The number of halogens is 1. The normalized spacial score (nSPS) is 35.3. The van der Waals surface area contributed by atoms with E-state index in [-0.39, 0.29) is 5.91 Å². The third kappa shape index (κ3) is 1.88. The van der Waals surface area contributed by atoms with E-state index in [1.807, 2.05) is 0 Å². The van der Waals surface area contributed by atoms with Crippen LogP contribution in [0.3, 0.4) is 0 Å². The van der Waals surface area contributed by atoms with E-state index in [1.54, 1.807) is 0 Å². The van der Waals surface area contributed by atoms with Crippen molar-refractivity contribution < 1.29 is 4.79 Å². The van der Waals surface area contributed by atoms with Gasteiger partial charge in [0.1, 0.15) is 0 Å². The molecule has 1 amide bonds. The quantitative estimate of drug-likeness (QED) is 0.544. The Morgan fingerprint density at radius 1 is 1.46 bits per heavy atom. The van der Waals surface area contributed by atoms with Crippen molar-refractivity contribution in [3.63, 3.8) is 0 Å². The van der Waals surface area contributed by atoms with Gasteiger partial charge < -0.3 is 5.32 Å². The largest absolute Gasteiger partial charge is 0.353 e. The Labute approximate surface area is 83.3 Å². The Balaban J connectivity index is 1.83. The van der Waals surface area contributed by atoms with Crippen molar-refractivity contribution in [3.05, 3.63) is 12.2 Å². The van der Waals surface area contributed by atoms with Crippen LogP contribution in [0.1, 0.15) is 19.3 Å². The maximum absolute atomic E-state index is 11.3. The van der Waals surface area contributed by atoms with Gasteiger partial charge in [-0.3, -0.25) is 4.79 Å². The van der Waals surface area contributed by atoms with Crippen LogP contribution in [0.25, 0.3) is 0 Å². The zero-order valence-corrected chi connectivity index (χ0v) is 8.26. The van der Waals surface area contributed by atoms with Crippen molar-refractivity contribution in [1.29, 1.82) is 0 Å². The van der Waals surface area contributed by atoms with Gasteiger partial charge in [0.2, 0.25) is 5.91 Å². The van der Waals surface area contributed by atoms with Crippen molar-refractivity contribution in [1.82, 2.24) is 5.32 Å². The molecule has 0 spiro atoms. The number of allylic oxidation sites excluding steroid dienone is 1. The number of hydrogen-bond donors (Lipinski definition) is 1. The van der Waals surface area contributed by atoms with Gasteiger partial charge >= 0.3 is 0 Å². The zero-order chi connectivity index (χ0) is 9.26. The number of nitrogens with one attached hydrogen (secondary N) is 1.